The van der Waals surface area contributed by atoms with Crippen molar-refractivity contribution in [3.05, 3.63) is 35.9 Å². The van der Waals surface area contributed by atoms with Crippen molar-refractivity contribution in [2.75, 3.05) is 39.4 Å². The fraction of sp³-hybridized carbons (Fsp3) is 0.550. The minimum absolute atomic E-state index is 0.0224. The molecule has 2 aliphatic heterocycles. The number of aliphatic carboxylic acids is 1. The van der Waals surface area contributed by atoms with Crippen molar-refractivity contribution in [1.29, 1.82) is 0 Å². The minimum atomic E-state index is -0.918. The fourth-order valence-electron chi connectivity index (χ4n) is 4.01. The van der Waals surface area contributed by atoms with Gasteiger partial charge in [0.2, 0.25) is 11.8 Å². The van der Waals surface area contributed by atoms with Gasteiger partial charge in [-0.15, -0.1) is 0 Å². The van der Waals surface area contributed by atoms with Crippen LogP contribution in [-0.2, 0) is 25.5 Å². The third-order valence-corrected chi connectivity index (χ3v) is 5.77. The van der Waals surface area contributed by atoms with Gasteiger partial charge in [-0.1, -0.05) is 30.3 Å². The highest BCUT2D eigenvalue weighted by Crippen LogP contribution is 2.42. The number of likely N-dealkylation sites (tertiary alicyclic amines) is 1. The van der Waals surface area contributed by atoms with E-state index < -0.39 is 11.4 Å². The van der Waals surface area contributed by atoms with Crippen LogP contribution in [0.1, 0.15) is 18.9 Å². The summed E-state index contributed by atoms with van der Waals surface area (Å²) in [6.07, 6.45) is 1.09. The molecule has 0 bridgehead atoms. The molecule has 2 fully saturated rings. The second-order valence-corrected chi connectivity index (χ2v) is 7.43. The number of carboxylic acids is 1. The van der Waals surface area contributed by atoms with Gasteiger partial charge >= 0.3 is 5.97 Å². The molecule has 0 unspecified atom stereocenters. The van der Waals surface area contributed by atoms with Crippen molar-refractivity contribution in [3.63, 3.8) is 0 Å². The van der Waals surface area contributed by atoms with E-state index in [9.17, 15) is 19.5 Å². The molecule has 2 heterocycles. The number of hydrogen-bond donors (Lipinski definition) is 1. The molecular formula is C20H26N2O5. The summed E-state index contributed by atoms with van der Waals surface area (Å²) in [6.45, 7) is 3.22. The number of carboxylic acid groups (broad SMARTS) is 1. The zero-order valence-electron chi connectivity index (χ0n) is 15.6. The lowest BCUT2D eigenvalue weighted by molar-refractivity contribution is -0.157. The number of carbonyl (C=O) groups is 3. The van der Waals surface area contributed by atoms with E-state index >= 15 is 0 Å². The first-order chi connectivity index (χ1) is 12.9. The molecule has 27 heavy (non-hydrogen) atoms. The first kappa shape index (κ1) is 19.4. The van der Waals surface area contributed by atoms with Crippen LogP contribution >= 0.6 is 0 Å². The predicted octanol–water partition coefficient (Wildman–Crippen LogP) is 1.03. The first-order valence-corrected chi connectivity index (χ1v) is 9.31. The lowest BCUT2D eigenvalue weighted by atomic mass is 9.74. The van der Waals surface area contributed by atoms with E-state index in [0.29, 0.717) is 39.1 Å². The zero-order valence-corrected chi connectivity index (χ0v) is 15.6. The standard InChI is InChI=1S/C20H26N2O5/c1-15(23)21(9-7-16-5-3-2-4-6-16)12-18(24)22-11-17-13-27-10-8-20(17,14-22)19(25)26/h2-6,17H,7-14H2,1H3,(H,25,26)/t17-,20+/m0/s1. The van der Waals surface area contributed by atoms with Gasteiger partial charge in [-0.2, -0.15) is 0 Å². The molecule has 146 valence electrons. The molecule has 2 aliphatic rings. The first-order valence-electron chi connectivity index (χ1n) is 9.31. The third-order valence-electron chi connectivity index (χ3n) is 5.77. The number of rotatable bonds is 6. The van der Waals surface area contributed by atoms with E-state index in [4.69, 9.17) is 4.74 Å². The number of hydrogen-bond acceptors (Lipinski definition) is 4. The van der Waals surface area contributed by atoms with Gasteiger partial charge in [0.1, 0.15) is 0 Å². The second kappa shape index (κ2) is 8.08. The van der Waals surface area contributed by atoms with Gasteiger partial charge in [0.15, 0.2) is 0 Å². The van der Waals surface area contributed by atoms with Crippen LogP contribution in [0.5, 0.6) is 0 Å². The number of amides is 2. The molecule has 0 saturated carbocycles. The van der Waals surface area contributed by atoms with E-state index in [1.54, 1.807) is 4.90 Å². The Bertz CT molecular complexity index is 708. The maximum absolute atomic E-state index is 12.8. The molecule has 1 N–H and O–H groups in total. The molecule has 2 atom stereocenters. The summed E-state index contributed by atoms with van der Waals surface area (Å²) < 4.78 is 5.43. The van der Waals surface area contributed by atoms with Crippen molar-refractivity contribution in [2.24, 2.45) is 11.3 Å². The van der Waals surface area contributed by atoms with Crippen LogP contribution < -0.4 is 0 Å². The topological polar surface area (TPSA) is 87.2 Å². The Morgan fingerprint density at radius 2 is 2.04 bits per heavy atom. The highest BCUT2D eigenvalue weighted by Gasteiger charge is 2.54. The van der Waals surface area contributed by atoms with Crippen molar-refractivity contribution in [3.8, 4) is 0 Å². The molecule has 7 nitrogen and oxygen atoms in total. The maximum atomic E-state index is 12.8. The molecule has 0 aliphatic carbocycles. The number of carbonyl (C=O) groups excluding carboxylic acids is 2. The van der Waals surface area contributed by atoms with Crippen LogP contribution in [0.4, 0.5) is 0 Å². The Hall–Kier alpha value is -2.41. The summed E-state index contributed by atoms with van der Waals surface area (Å²) in [5.74, 6) is -1.41. The molecule has 1 aromatic carbocycles. The van der Waals surface area contributed by atoms with Gasteiger partial charge in [0.25, 0.3) is 0 Å². The van der Waals surface area contributed by atoms with Crippen molar-refractivity contribution >= 4 is 17.8 Å². The van der Waals surface area contributed by atoms with E-state index in [0.717, 1.165) is 5.56 Å². The summed E-state index contributed by atoms with van der Waals surface area (Å²) >= 11 is 0. The fourth-order valence-corrected chi connectivity index (χ4v) is 4.01. The average molecular weight is 374 g/mol. The maximum Gasteiger partial charge on any atom is 0.311 e. The highest BCUT2D eigenvalue weighted by atomic mass is 16.5. The van der Waals surface area contributed by atoms with E-state index in [2.05, 4.69) is 0 Å². The summed E-state index contributed by atoms with van der Waals surface area (Å²) in [4.78, 5) is 39.7. The van der Waals surface area contributed by atoms with E-state index in [-0.39, 0.29) is 30.8 Å². The Morgan fingerprint density at radius 1 is 1.30 bits per heavy atom. The summed E-state index contributed by atoms with van der Waals surface area (Å²) in [7, 11) is 0. The van der Waals surface area contributed by atoms with Crippen LogP contribution in [-0.4, -0.2) is 72.1 Å². The Balaban J connectivity index is 1.62. The Kier molecular flexibility index (Phi) is 5.79. The molecule has 0 spiro atoms. The monoisotopic (exact) mass is 374 g/mol. The largest absolute Gasteiger partial charge is 0.481 e. The predicted molar refractivity (Wildman–Crippen MR) is 98.0 cm³/mol. The van der Waals surface area contributed by atoms with Gasteiger partial charge in [-0.05, 0) is 18.4 Å². The van der Waals surface area contributed by atoms with Gasteiger partial charge in [-0.25, -0.2) is 0 Å². The lowest BCUT2D eigenvalue weighted by Gasteiger charge is -2.33. The van der Waals surface area contributed by atoms with Crippen molar-refractivity contribution in [1.82, 2.24) is 9.80 Å². The molecule has 3 rings (SSSR count). The summed E-state index contributed by atoms with van der Waals surface area (Å²) in [6, 6.07) is 9.80. The van der Waals surface area contributed by atoms with Gasteiger partial charge < -0.3 is 19.6 Å². The number of nitrogens with zero attached hydrogens (tertiary/aromatic N) is 2. The average Bonchev–Trinajstić information content (AvgIpc) is 3.07. The van der Waals surface area contributed by atoms with Crippen LogP contribution in [0.3, 0.4) is 0 Å². The van der Waals surface area contributed by atoms with Crippen molar-refractivity contribution in [2.45, 2.75) is 19.8 Å². The smallest absolute Gasteiger partial charge is 0.311 e. The van der Waals surface area contributed by atoms with Crippen LogP contribution in [0.25, 0.3) is 0 Å². The Labute approximate surface area is 158 Å². The minimum Gasteiger partial charge on any atom is -0.481 e. The number of benzene rings is 1. The van der Waals surface area contributed by atoms with Crippen LogP contribution in [0, 0.1) is 11.3 Å². The van der Waals surface area contributed by atoms with Gasteiger partial charge in [0.05, 0.1) is 18.6 Å². The molecule has 0 radical (unpaired) electrons. The third kappa shape index (κ3) is 4.13. The molecule has 2 amide bonds. The van der Waals surface area contributed by atoms with Gasteiger partial charge in [0, 0.05) is 39.1 Å². The van der Waals surface area contributed by atoms with E-state index in [1.165, 1.54) is 11.8 Å². The second-order valence-electron chi connectivity index (χ2n) is 7.43. The highest BCUT2D eigenvalue weighted by molar-refractivity contribution is 5.85. The number of ether oxygens (including phenoxy) is 1. The Morgan fingerprint density at radius 3 is 2.67 bits per heavy atom. The van der Waals surface area contributed by atoms with Crippen molar-refractivity contribution < 1.29 is 24.2 Å². The molecule has 0 aromatic heterocycles. The zero-order chi connectivity index (χ0) is 19.4. The molecule has 2 saturated heterocycles. The van der Waals surface area contributed by atoms with E-state index in [1.807, 2.05) is 30.3 Å². The summed E-state index contributed by atoms with van der Waals surface area (Å²) in [5.41, 5.74) is 0.185. The molecule has 7 heteroatoms. The SMILES string of the molecule is CC(=O)N(CCc1ccccc1)CC(=O)N1C[C@H]2COCC[C@@]2(C(=O)O)C1. The molecule has 1 aromatic rings. The quantitative estimate of drug-likeness (QED) is 0.804. The normalized spacial score (nSPS) is 24.3. The number of fused-ring (bicyclic) bond motifs is 1. The summed E-state index contributed by atoms with van der Waals surface area (Å²) in [5, 5.41) is 9.72. The van der Waals surface area contributed by atoms with Gasteiger partial charge in [-0.3, -0.25) is 14.4 Å². The van der Waals surface area contributed by atoms with Crippen LogP contribution in [0.15, 0.2) is 30.3 Å². The van der Waals surface area contributed by atoms with Crippen LogP contribution in [0.2, 0.25) is 0 Å². The lowest BCUT2D eigenvalue weighted by Crippen LogP contribution is -2.46. The molecular weight excluding hydrogens is 348 g/mol.